The molecule has 35 heavy (non-hydrogen) atoms. The van der Waals surface area contributed by atoms with Gasteiger partial charge in [-0.3, -0.25) is 19.3 Å². The summed E-state index contributed by atoms with van der Waals surface area (Å²) in [6, 6.07) is 13.4. The van der Waals surface area contributed by atoms with Crippen LogP contribution in [0, 0.1) is 11.7 Å². The Morgan fingerprint density at radius 3 is 2.74 bits per heavy atom. The molecule has 0 spiro atoms. The predicted octanol–water partition coefficient (Wildman–Crippen LogP) is 3.99. The van der Waals surface area contributed by atoms with E-state index in [0.29, 0.717) is 35.2 Å². The molecule has 0 fully saturated rings. The predicted molar refractivity (Wildman–Crippen MR) is 125 cm³/mol. The van der Waals surface area contributed by atoms with Crippen LogP contribution < -0.4 is 19.7 Å². The molecule has 0 radical (unpaired) electrons. The Morgan fingerprint density at radius 2 is 1.97 bits per heavy atom. The first kappa shape index (κ1) is 24.0. The largest absolute Gasteiger partial charge is 0.485 e. The van der Waals surface area contributed by atoms with Crippen molar-refractivity contribution in [2.75, 3.05) is 24.7 Å². The van der Waals surface area contributed by atoms with Crippen LogP contribution in [0.15, 0.2) is 59.0 Å². The Labute approximate surface area is 201 Å². The van der Waals surface area contributed by atoms with Crippen molar-refractivity contribution in [2.24, 2.45) is 5.92 Å². The van der Waals surface area contributed by atoms with Gasteiger partial charge in [0.15, 0.2) is 24.8 Å². The number of furan rings is 1. The van der Waals surface area contributed by atoms with E-state index in [9.17, 15) is 18.8 Å². The number of carbonyl (C=O) groups is 3. The molecule has 9 heteroatoms. The normalized spacial score (nSPS) is 12.8. The highest BCUT2D eigenvalue weighted by Crippen LogP contribution is 2.34. The fraction of sp³-hybridized carbons (Fsp3) is 0.269. The van der Waals surface area contributed by atoms with E-state index in [1.807, 2.05) is 13.8 Å². The van der Waals surface area contributed by atoms with Gasteiger partial charge in [-0.05, 0) is 48.4 Å². The number of nitrogens with one attached hydrogen (secondary N) is 1. The van der Waals surface area contributed by atoms with E-state index in [4.69, 9.17) is 13.9 Å². The molecule has 1 aliphatic heterocycles. The maximum atomic E-state index is 13.3. The number of ether oxygens (including phenoxy) is 2. The first-order valence-electron chi connectivity index (χ1n) is 11.2. The molecule has 3 aromatic rings. The van der Waals surface area contributed by atoms with Gasteiger partial charge in [-0.1, -0.05) is 19.9 Å². The average molecular weight is 480 g/mol. The molecule has 1 N–H and O–H groups in total. The zero-order valence-corrected chi connectivity index (χ0v) is 19.4. The Balaban J connectivity index is 1.48. The second kappa shape index (κ2) is 10.4. The third kappa shape index (κ3) is 5.87. The van der Waals surface area contributed by atoms with Gasteiger partial charge in [0, 0.05) is 18.2 Å². The van der Waals surface area contributed by atoms with Gasteiger partial charge in [0.2, 0.25) is 0 Å². The van der Waals surface area contributed by atoms with Gasteiger partial charge in [0.05, 0.1) is 12.2 Å². The lowest BCUT2D eigenvalue weighted by Crippen LogP contribution is -2.38. The molecule has 2 aromatic carbocycles. The molecule has 0 unspecified atom stereocenters. The highest BCUT2D eigenvalue weighted by molar-refractivity contribution is 6.02. The molecule has 4 rings (SSSR count). The highest BCUT2D eigenvalue weighted by Gasteiger charge is 2.28. The molecule has 1 aromatic heterocycles. The number of rotatable bonds is 9. The Kier molecular flexibility index (Phi) is 7.14. The zero-order chi connectivity index (χ0) is 24.9. The molecular weight excluding hydrogens is 455 g/mol. The van der Waals surface area contributed by atoms with E-state index in [0.717, 1.165) is 0 Å². The first-order valence-corrected chi connectivity index (χ1v) is 11.2. The molecule has 8 nitrogen and oxygen atoms in total. The number of anilines is 1. The third-order valence-electron chi connectivity index (χ3n) is 5.26. The van der Waals surface area contributed by atoms with Gasteiger partial charge in [0.1, 0.15) is 23.1 Å². The van der Waals surface area contributed by atoms with Crippen LogP contribution in [0.3, 0.4) is 0 Å². The Hall–Kier alpha value is -4.14. The smallest absolute Gasteiger partial charge is 0.287 e. The summed E-state index contributed by atoms with van der Waals surface area (Å²) in [5.41, 5.74) is 0.705. The second-order valence-electron chi connectivity index (χ2n) is 8.49. The Morgan fingerprint density at radius 1 is 1.14 bits per heavy atom. The molecule has 1 aliphatic rings. The minimum atomic E-state index is -0.464. The molecular formula is C26H25FN2O6. The number of ketones is 1. The molecule has 0 saturated carbocycles. The fourth-order valence-electron chi connectivity index (χ4n) is 3.46. The SMILES string of the molecule is CC(C)CNC(=O)c1ccc(CN2C(=O)COc3ccc(C(=O)COc4cccc(F)c4)cc32)o1. The minimum absolute atomic E-state index is 0.0596. The summed E-state index contributed by atoms with van der Waals surface area (Å²) < 4.78 is 29.9. The molecule has 0 atom stereocenters. The summed E-state index contributed by atoms with van der Waals surface area (Å²) in [6.45, 7) is 4.09. The number of Topliss-reactive ketones (excluding diaryl/α,β-unsaturated/α-hetero) is 1. The van der Waals surface area contributed by atoms with E-state index in [2.05, 4.69) is 5.32 Å². The number of nitrogens with zero attached hydrogens (tertiary/aromatic N) is 1. The number of benzene rings is 2. The monoisotopic (exact) mass is 480 g/mol. The van der Waals surface area contributed by atoms with Crippen molar-refractivity contribution >= 4 is 23.3 Å². The summed E-state index contributed by atoms with van der Waals surface area (Å²) in [4.78, 5) is 39.0. The maximum Gasteiger partial charge on any atom is 0.287 e. The van der Waals surface area contributed by atoms with Crippen LogP contribution in [-0.4, -0.2) is 37.4 Å². The van der Waals surface area contributed by atoms with Crippen LogP contribution in [0.5, 0.6) is 11.5 Å². The minimum Gasteiger partial charge on any atom is -0.485 e. The van der Waals surface area contributed by atoms with Crippen molar-refractivity contribution in [3.63, 3.8) is 0 Å². The van der Waals surface area contributed by atoms with Crippen molar-refractivity contribution in [3.8, 4) is 11.5 Å². The zero-order valence-electron chi connectivity index (χ0n) is 19.4. The van der Waals surface area contributed by atoms with E-state index in [1.165, 1.54) is 23.1 Å². The first-order chi connectivity index (χ1) is 16.8. The van der Waals surface area contributed by atoms with E-state index < -0.39 is 5.82 Å². The molecule has 182 valence electrons. The molecule has 2 heterocycles. The molecule has 2 amide bonds. The topological polar surface area (TPSA) is 98.1 Å². The number of fused-ring (bicyclic) bond motifs is 1. The van der Waals surface area contributed by atoms with Crippen molar-refractivity contribution in [1.29, 1.82) is 0 Å². The van der Waals surface area contributed by atoms with E-state index >= 15 is 0 Å². The highest BCUT2D eigenvalue weighted by atomic mass is 19.1. The lowest BCUT2D eigenvalue weighted by molar-refractivity contribution is -0.121. The van der Waals surface area contributed by atoms with Crippen LogP contribution in [0.2, 0.25) is 0 Å². The van der Waals surface area contributed by atoms with Gasteiger partial charge in [0.25, 0.3) is 11.8 Å². The van der Waals surface area contributed by atoms with Crippen LogP contribution in [-0.2, 0) is 11.3 Å². The summed E-state index contributed by atoms with van der Waals surface area (Å²) in [7, 11) is 0. The van der Waals surface area contributed by atoms with Crippen molar-refractivity contribution < 1.29 is 32.7 Å². The number of hydrogen-bond acceptors (Lipinski definition) is 6. The van der Waals surface area contributed by atoms with Gasteiger partial charge in [-0.2, -0.15) is 0 Å². The van der Waals surface area contributed by atoms with Gasteiger partial charge >= 0.3 is 0 Å². The standard InChI is InChI=1S/C26H25FN2O6/c1-16(2)12-28-26(32)24-9-7-20(35-24)13-29-21-10-17(6-8-23(21)34-15-25(29)31)22(30)14-33-19-5-3-4-18(27)11-19/h3-11,16H,12-15H2,1-2H3,(H,28,32). The quantitative estimate of drug-likeness (QED) is 0.465. The number of amides is 2. The van der Waals surface area contributed by atoms with Crippen molar-refractivity contribution in [2.45, 2.75) is 20.4 Å². The van der Waals surface area contributed by atoms with Crippen LogP contribution in [0.1, 0.15) is 40.5 Å². The number of halogens is 1. The van der Waals surface area contributed by atoms with E-state index in [1.54, 1.807) is 36.4 Å². The molecule has 0 aliphatic carbocycles. The Bertz CT molecular complexity index is 1250. The molecule has 0 saturated heterocycles. The van der Waals surface area contributed by atoms with Gasteiger partial charge < -0.3 is 19.2 Å². The second-order valence-corrected chi connectivity index (χ2v) is 8.49. The lowest BCUT2D eigenvalue weighted by Gasteiger charge is -2.29. The van der Waals surface area contributed by atoms with Gasteiger partial charge in [-0.25, -0.2) is 4.39 Å². The number of carbonyl (C=O) groups excluding carboxylic acids is 3. The summed E-state index contributed by atoms with van der Waals surface area (Å²) in [5, 5.41) is 2.78. The van der Waals surface area contributed by atoms with E-state index in [-0.39, 0.29) is 48.9 Å². The van der Waals surface area contributed by atoms with Crippen LogP contribution in [0.4, 0.5) is 10.1 Å². The summed E-state index contributed by atoms with van der Waals surface area (Å²) in [5.74, 6) is 0.0751. The van der Waals surface area contributed by atoms with Crippen LogP contribution >= 0.6 is 0 Å². The third-order valence-corrected chi connectivity index (χ3v) is 5.26. The fourth-order valence-corrected chi connectivity index (χ4v) is 3.46. The average Bonchev–Trinajstić information content (AvgIpc) is 3.31. The van der Waals surface area contributed by atoms with Crippen molar-refractivity contribution in [1.82, 2.24) is 5.32 Å². The van der Waals surface area contributed by atoms with Crippen LogP contribution in [0.25, 0.3) is 0 Å². The van der Waals surface area contributed by atoms with Crippen molar-refractivity contribution in [3.05, 3.63) is 77.5 Å². The maximum absolute atomic E-state index is 13.3. The number of hydrogen-bond donors (Lipinski definition) is 1. The summed E-state index contributed by atoms with van der Waals surface area (Å²) in [6.07, 6.45) is 0. The molecule has 0 bridgehead atoms. The lowest BCUT2D eigenvalue weighted by atomic mass is 10.1. The summed E-state index contributed by atoms with van der Waals surface area (Å²) >= 11 is 0. The van der Waals surface area contributed by atoms with Gasteiger partial charge in [-0.15, -0.1) is 0 Å².